The normalized spacial score (nSPS) is 11.6. The summed E-state index contributed by atoms with van der Waals surface area (Å²) in [5.74, 6) is 0.921. The Morgan fingerprint density at radius 2 is 1.07 bits per heavy atom. The SMILES string of the molecule is CCCCCCCCOc1ccc(CC(c2ccc(NC(=O)OC(C)(C)C)cc2)c2ccc(NC(=O)OC(C)(C)C)cc2)cc1. The predicted molar refractivity (Wildman–Crippen MR) is 183 cm³/mol. The van der Waals surface area contributed by atoms with E-state index in [4.69, 9.17) is 14.2 Å². The van der Waals surface area contributed by atoms with Gasteiger partial charge in [0.05, 0.1) is 6.61 Å². The molecule has 0 aliphatic rings. The largest absolute Gasteiger partial charge is 0.494 e. The minimum atomic E-state index is -0.575. The summed E-state index contributed by atoms with van der Waals surface area (Å²) in [6.07, 6.45) is 7.21. The summed E-state index contributed by atoms with van der Waals surface area (Å²) in [5, 5.41) is 5.62. The fraction of sp³-hybridized carbons (Fsp3) is 0.474. The topological polar surface area (TPSA) is 85.9 Å². The van der Waals surface area contributed by atoms with Crippen molar-refractivity contribution in [1.29, 1.82) is 0 Å². The van der Waals surface area contributed by atoms with E-state index in [1.54, 1.807) is 0 Å². The maximum atomic E-state index is 12.3. The van der Waals surface area contributed by atoms with Crippen LogP contribution in [0.3, 0.4) is 0 Å². The molecule has 7 nitrogen and oxygen atoms in total. The molecule has 3 aromatic carbocycles. The number of carbonyl (C=O) groups is 2. The zero-order valence-electron chi connectivity index (χ0n) is 28.2. The lowest BCUT2D eigenvalue weighted by Gasteiger charge is -2.21. The average molecular weight is 617 g/mol. The van der Waals surface area contributed by atoms with Crippen LogP contribution >= 0.6 is 0 Å². The number of carbonyl (C=O) groups excluding carboxylic acids is 2. The van der Waals surface area contributed by atoms with Crippen LogP contribution in [0.4, 0.5) is 21.0 Å². The third kappa shape index (κ3) is 13.7. The van der Waals surface area contributed by atoms with Crippen LogP contribution in [0.25, 0.3) is 0 Å². The quantitative estimate of drug-likeness (QED) is 0.176. The molecule has 7 heteroatoms. The molecule has 0 bridgehead atoms. The fourth-order valence-electron chi connectivity index (χ4n) is 4.90. The Morgan fingerprint density at radius 3 is 1.51 bits per heavy atom. The molecule has 0 aliphatic carbocycles. The van der Waals surface area contributed by atoms with E-state index < -0.39 is 23.4 Å². The first-order chi connectivity index (χ1) is 21.3. The molecule has 0 aliphatic heterocycles. The summed E-state index contributed by atoms with van der Waals surface area (Å²) in [7, 11) is 0. The number of hydrogen-bond donors (Lipinski definition) is 2. The first kappa shape index (κ1) is 35.5. The minimum Gasteiger partial charge on any atom is -0.494 e. The molecular weight excluding hydrogens is 564 g/mol. The monoisotopic (exact) mass is 616 g/mol. The zero-order valence-corrected chi connectivity index (χ0v) is 28.2. The number of ether oxygens (including phenoxy) is 3. The summed E-state index contributed by atoms with van der Waals surface area (Å²) in [6, 6.07) is 24.0. The Kier molecular flexibility index (Phi) is 13.3. The van der Waals surface area contributed by atoms with Gasteiger partial charge in [-0.15, -0.1) is 0 Å². The van der Waals surface area contributed by atoms with E-state index in [1.807, 2.05) is 102 Å². The molecule has 3 aromatic rings. The summed E-state index contributed by atoms with van der Waals surface area (Å²) in [6.45, 7) is 14.0. The number of rotatable bonds is 14. The maximum absolute atomic E-state index is 12.3. The smallest absolute Gasteiger partial charge is 0.412 e. The molecular formula is C38H52N2O5. The van der Waals surface area contributed by atoms with Crippen LogP contribution in [0.15, 0.2) is 72.8 Å². The standard InChI is InChI=1S/C38H52N2O5/c1-8-9-10-11-12-13-26-43-33-24-14-28(15-25-33)27-34(29-16-20-31(21-17-29)39-35(41)44-37(2,3)4)30-18-22-32(23-19-30)40-36(42)45-38(5,6)7/h14-25,34H,8-13,26-27H2,1-7H3,(H,39,41)(H,40,42). The molecule has 0 spiro atoms. The zero-order chi connectivity index (χ0) is 32.9. The molecule has 2 amide bonds. The maximum Gasteiger partial charge on any atom is 0.412 e. The van der Waals surface area contributed by atoms with Gasteiger partial charge in [0.2, 0.25) is 0 Å². The lowest BCUT2D eigenvalue weighted by Crippen LogP contribution is -2.27. The molecule has 0 radical (unpaired) electrons. The highest BCUT2D eigenvalue weighted by Gasteiger charge is 2.19. The Balaban J connectivity index is 1.73. The van der Waals surface area contributed by atoms with Crippen LogP contribution in [0.2, 0.25) is 0 Å². The number of unbranched alkanes of at least 4 members (excludes halogenated alkanes) is 5. The van der Waals surface area contributed by atoms with Crippen molar-refractivity contribution in [2.75, 3.05) is 17.2 Å². The highest BCUT2D eigenvalue weighted by Crippen LogP contribution is 2.31. The van der Waals surface area contributed by atoms with Crippen molar-refractivity contribution in [3.63, 3.8) is 0 Å². The molecule has 2 N–H and O–H groups in total. The van der Waals surface area contributed by atoms with Crippen LogP contribution in [-0.2, 0) is 15.9 Å². The first-order valence-electron chi connectivity index (χ1n) is 16.2. The Hall–Kier alpha value is -4.00. The van der Waals surface area contributed by atoms with E-state index >= 15 is 0 Å². The molecule has 0 heterocycles. The van der Waals surface area contributed by atoms with E-state index in [9.17, 15) is 9.59 Å². The van der Waals surface area contributed by atoms with Crippen LogP contribution in [0.5, 0.6) is 5.75 Å². The van der Waals surface area contributed by atoms with E-state index in [-0.39, 0.29) is 5.92 Å². The Morgan fingerprint density at radius 1 is 0.622 bits per heavy atom. The Bertz CT molecular complexity index is 1250. The van der Waals surface area contributed by atoms with Gasteiger partial charge in [0.15, 0.2) is 0 Å². The molecule has 0 saturated carbocycles. The van der Waals surface area contributed by atoms with Gasteiger partial charge in [-0.05, 0) is 107 Å². The summed E-state index contributed by atoms with van der Waals surface area (Å²) in [4.78, 5) is 24.6. The van der Waals surface area contributed by atoms with Crippen LogP contribution < -0.4 is 15.4 Å². The van der Waals surface area contributed by atoms with Crippen LogP contribution in [0, 0.1) is 0 Å². The van der Waals surface area contributed by atoms with Gasteiger partial charge in [-0.2, -0.15) is 0 Å². The van der Waals surface area contributed by atoms with Gasteiger partial charge in [-0.3, -0.25) is 10.6 Å². The number of anilines is 2. The van der Waals surface area contributed by atoms with Crippen LogP contribution in [0.1, 0.15) is 110 Å². The third-order valence-corrected chi connectivity index (χ3v) is 7.05. The van der Waals surface area contributed by atoms with Crippen molar-refractivity contribution >= 4 is 23.6 Å². The van der Waals surface area contributed by atoms with Crippen molar-refractivity contribution in [3.8, 4) is 5.75 Å². The summed E-state index contributed by atoms with van der Waals surface area (Å²) in [5.41, 5.74) is 3.55. The van der Waals surface area contributed by atoms with Gasteiger partial charge in [0.25, 0.3) is 0 Å². The number of benzene rings is 3. The first-order valence-corrected chi connectivity index (χ1v) is 16.2. The van der Waals surface area contributed by atoms with Crippen molar-refractivity contribution < 1.29 is 23.8 Å². The predicted octanol–water partition coefficient (Wildman–Crippen LogP) is 10.5. The number of hydrogen-bond acceptors (Lipinski definition) is 5. The summed E-state index contributed by atoms with van der Waals surface area (Å²) < 4.78 is 16.8. The molecule has 0 aromatic heterocycles. The van der Waals surface area contributed by atoms with Crippen molar-refractivity contribution in [3.05, 3.63) is 89.5 Å². The molecule has 3 rings (SSSR count). The van der Waals surface area contributed by atoms with E-state index in [2.05, 4.69) is 29.7 Å². The Labute approximate surface area is 270 Å². The molecule has 244 valence electrons. The fourth-order valence-corrected chi connectivity index (χ4v) is 4.90. The van der Waals surface area contributed by atoms with Crippen molar-refractivity contribution in [2.24, 2.45) is 0 Å². The van der Waals surface area contributed by atoms with Crippen molar-refractivity contribution in [2.45, 2.75) is 111 Å². The number of nitrogens with one attached hydrogen (secondary N) is 2. The summed E-state index contributed by atoms with van der Waals surface area (Å²) >= 11 is 0. The lowest BCUT2D eigenvalue weighted by molar-refractivity contribution is 0.0624. The van der Waals surface area contributed by atoms with E-state index in [0.717, 1.165) is 36.3 Å². The highest BCUT2D eigenvalue weighted by atomic mass is 16.6. The molecule has 0 unspecified atom stereocenters. The van der Waals surface area contributed by atoms with E-state index in [1.165, 1.54) is 37.7 Å². The van der Waals surface area contributed by atoms with Gasteiger partial charge >= 0.3 is 12.2 Å². The molecule has 0 fully saturated rings. The second kappa shape index (κ2) is 16.9. The van der Waals surface area contributed by atoms with Crippen molar-refractivity contribution in [1.82, 2.24) is 0 Å². The van der Waals surface area contributed by atoms with Gasteiger partial charge in [0, 0.05) is 17.3 Å². The van der Waals surface area contributed by atoms with Gasteiger partial charge in [-0.1, -0.05) is 75.4 Å². The van der Waals surface area contributed by atoms with E-state index in [0.29, 0.717) is 11.4 Å². The molecule has 0 atom stereocenters. The van der Waals surface area contributed by atoms with Gasteiger partial charge in [-0.25, -0.2) is 9.59 Å². The third-order valence-electron chi connectivity index (χ3n) is 7.05. The highest BCUT2D eigenvalue weighted by molar-refractivity contribution is 5.85. The van der Waals surface area contributed by atoms with Gasteiger partial charge in [0.1, 0.15) is 17.0 Å². The van der Waals surface area contributed by atoms with Crippen LogP contribution in [-0.4, -0.2) is 30.0 Å². The van der Waals surface area contributed by atoms with Gasteiger partial charge < -0.3 is 14.2 Å². The second-order valence-corrected chi connectivity index (χ2v) is 13.5. The average Bonchev–Trinajstić information content (AvgIpc) is 2.95. The second-order valence-electron chi connectivity index (χ2n) is 13.5. The lowest BCUT2D eigenvalue weighted by atomic mass is 9.86. The minimum absolute atomic E-state index is 0.0334. The molecule has 0 saturated heterocycles. The number of amides is 2. The molecule has 45 heavy (non-hydrogen) atoms.